The normalized spacial score (nSPS) is 19.9. The Bertz CT molecular complexity index is 3740. The average Bonchev–Trinajstić information content (AvgIpc) is 1.72. The van der Waals surface area contributed by atoms with Crippen LogP contribution in [0.25, 0.3) is 39.9 Å². The molecule has 6 atom stereocenters. The van der Waals surface area contributed by atoms with Crippen molar-refractivity contribution in [2.24, 2.45) is 0 Å². The molecule has 3 aliphatic heterocycles. The van der Waals surface area contributed by atoms with Crippen LogP contribution in [0.5, 0.6) is 0 Å². The minimum absolute atomic E-state index is 0.0371. The van der Waals surface area contributed by atoms with Gasteiger partial charge in [0.15, 0.2) is 23.2 Å². The van der Waals surface area contributed by atoms with E-state index in [4.69, 9.17) is 18.9 Å². The molecule has 0 bridgehead atoms. The van der Waals surface area contributed by atoms with Crippen molar-refractivity contribution in [3.63, 3.8) is 0 Å². The van der Waals surface area contributed by atoms with E-state index in [0.717, 1.165) is 108 Å². The molecule has 0 spiro atoms. The number of rotatable bonds is 28. The molecular formula is C55H72N8O18P3S+. The minimum atomic E-state index is -5.78. The van der Waals surface area contributed by atoms with Crippen molar-refractivity contribution >= 4 is 68.2 Å². The van der Waals surface area contributed by atoms with Gasteiger partial charge in [-0.1, -0.05) is 75.6 Å². The van der Waals surface area contributed by atoms with Crippen molar-refractivity contribution in [1.82, 2.24) is 29.4 Å². The number of hydrogen-bond donors (Lipinski definition) is 9. The molecule has 30 heteroatoms. The Morgan fingerprint density at radius 1 is 0.859 bits per heavy atom. The molecular weight excluding hydrogens is 1190 g/mol. The number of nitrogens with zero attached hydrogens (tertiary/aromatic N) is 6. The maximum absolute atomic E-state index is 12.9. The van der Waals surface area contributed by atoms with Gasteiger partial charge in [0.2, 0.25) is 11.3 Å². The van der Waals surface area contributed by atoms with Crippen molar-refractivity contribution < 1.29 is 83.5 Å². The van der Waals surface area contributed by atoms with E-state index in [1.54, 1.807) is 12.1 Å². The number of anilines is 2. The highest BCUT2D eigenvalue weighted by molar-refractivity contribution is 7.85. The smallest absolute Gasteiger partial charge is 0.456 e. The van der Waals surface area contributed by atoms with Crippen LogP contribution in [-0.4, -0.2) is 126 Å². The fourth-order valence-corrected chi connectivity index (χ4v) is 14.1. The molecule has 1 amide bonds. The number of phosphoric acid groups is 3. The Hall–Kier alpha value is -5.83. The van der Waals surface area contributed by atoms with E-state index in [9.17, 15) is 51.5 Å². The van der Waals surface area contributed by atoms with Crippen molar-refractivity contribution in [3.8, 4) is 22.6 Å². The van der Waals surface area contributed by atoms with Gasteiger partial charge in [0.25, 0.3) is 10.1 Å². The number of aliphatic hydroxyl groups excluding tert-OH is 2. The fourth-order valence-electron chi connectivity index (χ4n) is 10.6. The van der Waals surface area contributed by atoms with Crippen LogP contribution in [0.1, 0.15) is 102 Å². The number of nitrogens with one attached hydrogen (secondary N) is 2. The number of phosphoric ester groups is 1. The summed E-state index contributed by atoms with van der Waals surface area (Å²) in [5.74, 6) is 1.87. The maximum Gasteiger partial charge on any atom is 0.490 e. The molecule has 85 heavy (non-hydrogen) atoms. The Morgan fingerprint density at radius 3 is 2.28 bits per heavy atom. The molecule has 9 N–H and O–H groups in total. The summed E-state index contributed by atoms with van der Waals surface area (Å²) in [6, 6.07) is 21.1. The maximum atomic E-state index is 12.9. The lowest BCUT2D eigenvalue weighted by Crippen LogP contribution is -2.33. The predicted octanol–water partition coefficient (Wildman–Crippen LogP) is 7.56. The second-order valence-corrected chi connectivity index (χ2v) is 26.9. The lowest BCUT2D eigenvalue weighted by Gasteiger charge is -2.27. The first-order valence-corrected chi connectivity index (χ1v) is 33.6. The fraction of sp³-hybridized carbons (Fsp3) is 0.436. The number of aromatic nitrogens is 4. The van der Waals surface area contributed by atoms with E-state index in [2.05, 4.69) is 99.3 Å². The average molecular weight is 1260 g/mol. The van der Waals surface area contributed by atoms with E-state index in [-0.39, 0.29) is 16.4 Å². The molecule has 4 aliphatic rings. The van der Waals surface area contributed by atoms with E-state index in [0.29, 0.717) is 43.8 Å². The largest absolute Gasteiger partial charge is 0.490 e. The van der Waals surface area contributed by atoms with Gasteiger partial charge in [0, 0.05) is 65.6 Å². The molecule has 8 rings (SSSR count). The van der Waals surface area contributed by atoms with Gasteiger partial charge in [-0.2, -0.15) is 17.0 Å². The van der Waals surface area contributed by atoms with Gasteiger partial charge >= 0.3 is 23.5 Å². The first-order valence-electron chi connectivity index (χ1n) is 27.7. The van der Waals surface area contributed by atoms with Crippen molar-refractivity contribution in [2.45, 2.75) is 121 Å². The SMILES string of the molecule is CC[N+](CC)=c1ccc2c(/C=C/C=C3/N(CCCCCC(=O)NCCCCCCNc4ncnc5c4ncn5[C@@H]4O[C@H](COP(=O)(O)OP(=O)(O)OP(=O)(O)O)[C@@H](O)[C@H]4O)c4ccc(S(=O)(=O)O)cc4C3(C)C)c(C)c(-c3ccccc3)oc-2c1. The number of aliphatic hydroxyl groups is 2. The third kappa shape index (κ3) is 16.0. The first kappa shape index (κ1) is 65.2. The highest BCUT2D eigenvalue weighted by Gasteiger charge is 2.47. The zero-order valence-corrected chi connectivity index (χ0v) is 51.0. The molecule has 1 aliphatic carbocycles. The summed E-state index contributed by atoms with van der Waals surface area (Å²) in [6.07, 6.45) is 8.20. The van der Waals surface area contributed by atoms with Crippen LogP contribution < -0.4 is 25.5 Å². The summed E-state index contributed by atoms with van der Waals surface area (Å²) >= 11 is 0. The van der Waals surface area contributed by atoms with Crippen LogP contribution >= 0.6 is 23.5 Å². The monoisotopic (exact) mass is 1260 g/mol. The molecule has 4 aromatic rings. The van der Waals surface area contributed by atoms with Gasteiger partial charge in [-0.15, -0.1) is 0 Å². The van der Waals surface area contributed by atoms with Crippen LogP contribution in [0.15, 0.2) is 107 Å². The van der Waals surface area contributed by atoms with Gasteiger partial charge < -0.3 is 54.5 Å². The van der Waals surface area contributed by atoms with Crippen LogP contribution in [0, 0.1) is 6.92 Å². The standard InChI is InChI=1S/C55H71N8O18P3S/c1-6-61(7-2)38-24-26-41-40(36(3)51(78-44(41)31-38)37-19-12-10-13-20-37)21-18-22-46-55(4,5)42-32-39(85(74,75)76)25-27-43(42)62(46)30-17-11-14-23-47(64)56-28-15-8-9-16-29-57-52-48-53(59-34-58-52)63(35-60-48)54-50(66)49(65)45(79-54)33-77-83(70,71)81-84(72,73)80-82(67,68)69/h10,12-13,18-22,24-27,31-32,34-35,45,49-50,54,65-66H,6-9,11,14-17,23,28-30,33H2,1-5H3,(H6-,56,57,58,59,64,67,68,69,70,71,72,73,74,75,76)/p+1/t45-,49-,50-,54-/m1/s1. The van der Waals surface area contributed by atoms with E-state index in [1.165, 1.54) is 23.3 Å². The third-order valence-electron chi connectivity index (χ3n) is 14.8. The number of imidazole rings is 1. The van der Waals surface area contributed by atoms with Crippen molar-refractivity contribution in [2.75, 3.05) is 49.5 Å². The van der Waals surface area contributed by atoms with Gasteiger partial charge in [-0.05, 0) is 87.9 Å². The molecule has 2 aromatic heterocycles. The molecule has 1 saturated heterocycles. The molecule has 0 radical (unpaired) electrons. The third-order valence-corrected chi connectivity index (χ3v) is 19.5. The molecule has 460 valence electrons. The molecule has 5 heterocycles. The molecule has 0 saturated carbocycles. The number of carbonyl (C=O) groups excluding carboxylic acids is 1. The summed E-state index contributed by atoms with van der Waals surface area (Å²) in [5, 5.41) is 28.7. The minimum Gasteiger partial charge on any atom is -0.456 e. The number of unbranched alkanes of at least 4 members (excludes halogenated alkanes) is 5. The second-order valence-electron chi connectivity index (χ2n) is 21.0. The first-order chi connectivity index (χ1) is 40.2. The van der Waals surface area contributed by atoms with Gasteiger partial charge in [-0.3, -0.25) is 18.4 Å². The lowest BCUT2D eigenvalue weighted by molar-refractivity contribution is -0.121. The number of benzene rings is 3. The van der Waals surface area contributed by atoms with Crippen LogP contribution in [-0.2, 0) is 51.9 Å². The summed E-state index contributed by atoms with van der Waals surface area (Å²) in [7, 11) is -21.4. The van der Waals surface area contributed by atoms with Crippen molar-refractivity contribution in [1.29, 1.82) is 0 Å². The summed E-state index contributed by atoms with van der Waals surface area (Å²) in [4.78, 5) is 64.5. The quantitative estimate of drug-likeness (QED) is 0.00989. The Balaban J connectivity index is 0.806. The Morgan fingerprint density at radius 2 is 1.58 bits per heavy atom. The lowest BCUT2D eigenvalue weighted by atomic mass is 9.83. The van der Waals surface area contributed by atoms with E-state index >= 15 is 0 Å². The molecule has 26 nitrogen and oxygen atoms in total. The summed E-state index contributed by atoms with van der Waals surface area (Å²) in [5.41, 5.74) is 6.35. The van der Waals surface area contributed by atoms with E-state index < -0.39 is 70.1 Å². The second kappa shape index (κ2) is 27.5. The Labute approximate surface area is 491 Å². The number of ether oxygens (including phenoxy) is 1. The van der Waals surface area contributed by atoms with Crippen molar-refractivity contribution in [3.05, 3.63) is 119 Å². The molecule has 2 unspecified atom stereocenters. The topological polar surface area (TPSA) is 368 Å². The van der Waals surface area contributed by atoms with Crippen LogP contribution in [0.2, 0.25) is 0 Å². The van der Waals surface area contributed by atoms with Gasteiger partial charge in [0.1, 0.15) is 49.2 Å². The van der Waals surface area contributed by atoms with Gasteiger partial charge in [-0.25, -0.2) is 33.2 Å². The highest BCUT2D eigenvalue weighted by Crippen LogP contribution is 2.66. The number of hydrogen-bond acceptors (Lipinski definition) is 18. The highest BCUT2D eigenvalue weighted by atomic mass is 32.2. The summed E-state index contributed by atoms with van der Waals surface area (Å²) < 4.78 is 97.4. The van der Waals surface area contributed by atoms with Crippen LogP contribution in [0.4, 0.5) is 11.5 Å². The molecule has 1 fully saturated rings. The molecule has 2 aromatic carbocycles. The zero-order chi connectivity index (χ0) is 61.5. The number of allylic oxidation sites excluding steroid dienone is 3. The number of fused-ring (bicyclic) bond motifs is 3. The van der Waals surface area contributed by atoms with E-state index in [1.807, 2.05) is 50.3 Å². The van der Waals surface area contributed by atoms with Crippen LogP contribution in [0.3, 0.4) is 0 Å². The zero-order valence-electron chi connectivity index (χ0n) is 47.5. The number of amides is 1. The number of carbonyl (C=O) groups is 1. The van der Waals surface area contributed by atoms with Gasteiger partial charge in [0.05, 0.1) is 23.9 Å². The predicted molar refractivity (Wildman–Crippen MR) is 315 cm³/mol. The summed E-state index contributed by atoms with van der Waals surface area (Å²) in [6.45, 7) is 12.8. The Kier molecular flexibility index (Phi) is 21.1.